The summed E-state index contributed by atoms with van der Waals surface area (Å²) in [5, 5.41) is 8.14. The van der Waals surface area contributed by atoms with Gasteiger partial charge in [-0.25, -0.2) is 0 Å². The van der Waals surface area contributed by atoms with Crippen molar-refractivity contribution in [1.82, 2.24) is 20.1 Å². The van der Waals surface area contributed by atoms with Crippen LogP contribution in [0.4, 0.5) is 0 Å². The predicted molar refractivity (Wildman–Crippen MR) is 107 cm³/mol. The third kappa shape index (κ3) is 5.28. The van der Waals surface area contributed by atoms with E-state index in [-0.39, 0.29) is 41.9 Å². The Balaban J connectivity index is 1.54. The number of benzene rings is 1. The summed E-state index contributed by atoms with van der Waals surface area (Å²) in [6.45, 7) is 5.17. The van der Waals surface area contributed by atoms with E-state index in [0.29, 0.717) is 38.4 Å². The Bertz CT molecular complexity index is 932. The van der Waals surface area contributed by atoms with E-state index in [1.807, 2.05) is 31.2 Å². The third-order valence-corrected chi connectivity index (χ3v) is 5.10. The molecule has 8 heteroatoms. The fraction of sp³-hybridized carbons (Fsp3) is 0.476. The quantitative estimate of drug-likeness (QED) is 0.745. The summed E-state index contributed by atoms with van der Waals surface area (Å²) >= 11 is 0. The van der Waals surface area contributed by atoms with Crippen LogP contribution in [0, 0.1) is 12.8 Å². The maximum atomic E-state index is 12.5. The number of amides is 1. The smallest absolute Gasteiger partial charge is 0.309 e. The standard InChI is InChI=1S/C21H26N4O4/c1-3-29-21(28)15-9-11-25(12-10-15)18(26)8-7-17-20(27)22-19(24-23-17)16-6-4-5-14(2)13-16/h4-6,13,15H,3,7-12H2,1-2H3,(H,22,24,27). The highest BCUT2D eigenvalue weighted by molar-refractivity contribution is 5.77. The van der Waals surface area contributed by atoms with Crippen molar-refractivity contribution >= 4 is 11.9 Å². The van der Waals surface area contributed by atoms with Crippen LogP contribution in [0.25, 0.3) is 11.4 Å². The summed E-state index contributed by atoms with van der Waals surface area (Å²) in [4.78, 5) is 41.1. The molecule has 0 aliphatic carbocycles. The van der Waals surface area contributed by atoms with Gasteiger partial charge in [0.2, 0.25) is 5.91 Å². The first-order valence-electron chi connectivity index (χ1n) is 9.95. The number of aromatic nitrogens is 3. The van der Waals surface area contributed by atoms with Crippen molar-refractivity contribution in [2.24, 2.45) is 5.92 Å². The van der Waals surface area contributed by atoms with Crippen molar-refractivity contribution in [1.29, 1.82) is 0 Å². The number of nitrogens with zero attached hydrogens (tertiary/aromatic N) is 3. The van der Waals surface area contributed by atoms with E-state index in [9.17, 15) is 14.4 Å². The molecule has 1 aromatic heterocycles. The van der Waals surface area contributed by atoms with E-state index in [1.54, 1.807) is 11.8 Å². The van der Waals surface area contributed by atoms with Gasteiger partial charge in [0.1, 0.15) is 5.69 Å². The molecular formula is C21H26N4O4. The van der Waals surface area contributed by atoms with Crippen LogP contribution in [0.3, 0.4) is 0 Å². The second-order valence-corrected chi connectivity index (χ2v) is 7.23. The van der Waals surface area contributed by atoms with Gasteiger partial charge in [-0.15, -0.1) is 10.2 Å². The largest absolute Gasteiger partial charge is 0.466 e. The van der Waals surface area contributed by atoms with Gasteiger partial charge in [0, 0.05) is 31.5 Å². The second kappa shape index (κ2) is 9.45. The summed E-state index contributed by atoms with van der Waals surface area (Å²) in [5.41, 5.74) is 1.77. The number of ether oxygens (including phenoxy) is 1. The molecule has 0 unspecified atom stereocenters. The predicted octanol–water partition coefficient (Wildman–Crippen LogP) is 1.87. The summed E-state index contributed by atoms with van der Waals surface area (Å²) in [6.07, 6.45) is 1.63. The van der Waals surface area contributed by atoms with Gasteiger partial charge < -0.3 is 14.6 Å². The van der Waals surface area contributed by atoms with Gasteiger partial charge in [-0.1, -0.05) is 23.8 Å². The number of H-pyrrole nitrogens is 1. The molecule has 154 valence electrons. The van der Waals surface area contributed by atoms with Gasteiger partial charge >= 0.3 is 5.97 Å². The topological polar surface area (TPSA) is 105 Å². The van der Waals surface area contributed by atoms with E-state index in [0.717, 1.165) is 11.1 Å². The molecule has 0 atom stereocenters. The lowest BCUT2D eigenvalue weighted by atomic mass is 9.96. The highest BCUT2D eigenvalue weighted by atomic mass is 16.5. The molecule has 1 fully saturated rings. The van der Waals surface area contributed by atoms with Crippen LogP contribution in [0.1, 0.15) is 37.4 Å². The number of esters is 1. The first-order valence-corrected chi connectivity index (χ1v) is 9.95. The average molecular weight is 398 g/mol. The van der Waals surface area contributed by atoms with Gasteiger partial charge in [0.05, 0.1) is 12.5 Å². The number of piperidine rings is 1. The van der Waals surface area contributed by atoms with Gasteiger partial charge in [-0.3, -0.25) is 14.4 Å². The molecule has 1 amide bonds. The monoisotopic (exact) mass is 398 g/mol. The van der Waals surface area contributed by atoms with Crippen LogP contribution in [-0.2, 0) is 20.7 Å². The minimum atomic E-state index is -0.328. The van der Waals surface area contributed by atoms with Crippen molar-refractivity contribution in [3.05, 3.63) is 45.9 Å². The van der Waals surface area contributed by atoms with Gasteiger partial charge in [0.15, 0.2) is 5.82 Å². The fourth-order valence-electron chi connectivity index (χ4n) is 3.45. The van der Waals surface area contributed by atoms with Crippen LogP contribution in [0.15, 0.2) is 29.1 Å². The molecule has 8 nitrogen and oxygen atoms in total. The molecule has 1 N–H and O–H groups in total. The molecule has 1 aromatic carbocycles. The van der Waals surface area contributed by atoms with Crippen molar-refractivity contribution in [2.45, 2.75) is 39.5 Å². The Morgan fingerprint density at radius 3 is 2.66 bits per heavy atom. The van der Waals surface area contributed by atoms with E-state index in [4.69, 9.17) is 4.74 Å². The fourth-order valence-corrected chi connectivity index (χ4v) is 3.45. The Morgan fingerprint density at radius 2 is 2.00 bits per heavy atom. The minimum Gasteiger partial charge on any atom is -0.466 e. The van der Waals surface area contributed by atoms with Crippen molar-refractivity contribution in [3.63, 3.8) is 0 Å². The summed E-state index contributed by atoms with van der Waals surface area (Å²) in [7, 11) is 0. The maximum Gasteiger partial charge on any atom is 0.309 e. The van der Waals surface area contributed by atoms with Crippen LogP contribution in [0.2, 0.25) is 0 Å². The Morgan fingerprint density at radius 1 is 1.24 bits per heavy atom. The molecule has 2 aromatic rings. The Labute approximate surface area is 169 Å². The van der Waals surface area contributed by atoms with E-state index < -0.39 is 0 Å². The van der Waals surface area contributed by atoms with Crippen LogP contribution < -0.4 is 5.56 Å². The number of carbonyl (C=O) groups is 2. The minimum absolute atomic E-state index is 0.0451. The van der Waals surface area contributed by atoms with E-state index >= 15 is 0 Å². The van der Waals surface area contributed by atoms with Gasteiger partial charge in [-0.05, 0) is 32.8 Å². The van der Waals surface area contributed by atoms with E-state index in [2.05, 4.69) is 15.2 Å². The molecular weight excluding hydrogens is 372 g/mol. The number of rotatable bonds is 6. The second-order valence-electron chi connectivity index (χ2n) is 7.23. The van der Waals surface area contributed by atoms with Crippen LogP contribution in [-0.4, -0.2) is 51.7 Å². The summed E-state index contributed by atoms with van der Waals surface area (Å²) in [6, 6.07) is 7.63. The summed E-state index contributed by atoms with van der Waals surface area (Å²) in [5.74, 6) is 0.0445. The highest BCUT2D eigenvalue weighted by Gasteiger charge is 2.28. The SMILES string of the molecule is CCOC(=O)C1CCN(C(=O)CCc2nnc(-c3cccc(C)c3)[nH]c2=O)CC1. The summed E-state index contributed by atoms with van der Waals surface area (Å²) < 4.78 is 5.05. The molecule has 0 saturated carbocycles. The molecule has 1 aliphatic heterocycles. The molecule has 0 bridgehead atoms. The van der Waals surface area contributed by atoms with Gasteiger partial charge in [0.25, 0.3) is 5.56 Å². The van der Waals surface area contributed by atoms with E-state index in [1.165, 1.54) is 0 Å². The molecule has 0 radical (unpaired) electrons. The molecule has 0 spiro atoms. The lowest BCUT2D eigenvalue weighted by Gasteiger charge is -2.30. The number of carbonyl (C=O) groups excluding carboxylic acids is 2. The van der Waals surface area contributed by atoms with Crippen molar-refractivity contribution < 1.29 is 14.3 Å². The third-order valence-electron chi connectivity index (χ3n) is 5.10. The number of nitrogens with one attached hydrogen (secondary N) is 1. The molecule has 2 heterocycles. The molecule has 1 saturated heterocycles. The Kier molecular flexibility index (Phi) is 6.74. The normalized spacial score (nSPS) is 14.6. The first-order chi connectivity index (χ1) is 14.0. The maximum absolute atomic E-state index is 12.5. The number of likely N-dealkylation sites (tertiary alicyclic amines) is 1. The van der Waals surface area contributed by atoms with Crippen molar-refractivity contribution in [3.8, 4) is 11.4 Å². The molecule has 1 aliphatic rings. The number of hydrogen-bond acceptors (Lipinski definition) is 6. The van der Waals surface area contributed by atoms with Crippen molar-refractivity contribution in [2.75, 3.05) is 19.7 Å². The highest BCUT2D eigenvalue weighted by Crippen LogP contribution is 2.19. The lowest BCUT2D eigenvalue weighted by Crippen LogP contribution is -2.40. The lowest BCUT2D eigenvalue weighted by molar-refractivity contribution is -0.151. The molecule has 3 rings (SSSR count). The number of aromatic amines is 1. The first kappa shape index (κ1) is 20.7. The zero-order chi connectivity index (χ0) is 20.8. The van der Waals surface area contributed by atoms with Crippen LogP contribution in [0.5, 0.6) is 0 Å². The number of aryl methyl sites for hydroxylation is 2. The zero-order valence-corrected chi connectivity index (χ0v) is 16.8. The van der Waals surface area contributed by atoms with Crippen LogP contribution >= 0.6 is 0 Å². The Hall–Kier alpha value is -3.03. The zero-order valence-electron chi connectivity index (χ0n) is 16.8. The number of hydrogen-bond donors (Lipinski definition) is 1. The van der Waals surface area contributed by atoms with Gasteiger partial charge in [-0.2, -0.15) is 0 Å². The average Bonchev–Trinajstić information content (AvgIpc) is 2.73. The molecule has 29 heavy (non-hydrogen) atoms.